The third-order valence-electron chi connectivity index (χ3n) is 15.5. The second-order valence-electron chi connectivity index (χ2n) is 19.9. The summed E-state index contributed by atoms with van der Waals surface area (Å²) in [5.74, 6) is 0. The Morgan fingerprint density at radius 2 is 0.846 bits per heavy atom. The van der Waals surface area contributed by atoms with E-state index in [0.717, 1.165) is 29.9 Å². The van der Waals surface area contributed by atoms with E-state index in [1.54, 1.807) is 0 Å². The number of benzene rings is 9. The fraction of sp³-hybridized carbons (Fsp3) is 0.143. The SMILES string of the molecule is CC1(C)CCC(C)(C)c2c(-c3cc4c(cc3N(c3ccccc3)c3ccc(-n5c6ccccc6c6ccccc65)cc3)C3(c5ccccc5-c5ccccc53)c3ccccc3-4)cccc21. The van der Waals surface area contributed by atoms with Gasteiger partial charge in [-0.3, -0.25) is 0 Å². The number of rotatable bonds is 5. The summed E-state index contributed by atoms with van der Waals surface area (Å²) in [5, 5.41) is 2.53. The van der Waals surface area contributed by atoms with Crippen molar-refractivity contribution < 1.29 is 0 Å². The monoisotopic (exact) mass is 834 g/mol. The van der Waals surface area contributed by atoms with Crippen LogP contribution >= 0.6 is 0 Å². The van der Waals surface area contributed by atoms with Gasteiger partial charge in [0.25, 0.3) is 0 Å². The molecule has 1 heterocycles. The third-order valence-corrected chi connectivity index (χ3v) is 15.5. The highest BCUT2D eigenvalue weighted by atomic mass is 15.1. The third kappa shape index (κ3) is 5.29. The standard InChI is InChI=1S/C63H50N2/c1-61(2)37-38-62(3,4)60-49(26-18-30-55(60)61)51-39-50-46-23-10-15-29-54(46)63(52-27-13-8-21-44(52)45-22-9-14-28-53(45)63)56(50)40-59(51)64(41-19-6-5-7-20-41)42-33-35-43(36-34-42)65-57-31-16-11-24-47(57)48-25-12-17-32-58(48)65/h5-36,39-40H,37-38H2,1-4H3. The lowest BCUT2D eigenvalue weighted by molar-refractivity contribution is 0.333. The van der Waals surface area contributed by atoms with Gasteiger partial charge in [0.15, 0.2) is 0 Å². The molecule has 0 fully saturated rings. The number of para-hydroxylation sites is 3. The van der Waals surface area contributed by atoms with Crippen LogP contribution in [0, 0.1) is 0 Å². The minimum Gasteiger partial charge on any atom is -0.310 e. The van der Waals surface area contributed by atoms with E-state index in [0.29, 0.717) is 0 Å². The molecule has 1 spiro atoms. The van der Waals surface area contributed by atoms with Gasteiger partial charge in [-0.1, -0.05) is 173 Å². The normalized spacial score (nSPS) is 15.6. The smallest absolute Gasteiger partial charge is 0.0726 e. The molecule has 10 aromatic rings. The molecule has 1 aromatic heterocycles. The van der Waals surface area contributed by atoms with Gasteiger partial charge in [0.05, 0.1) is 22.1 Å². The summed E-state index contributed by atoms with van der Waals surface area (Å²) >= 11 is 0. The van der Waals surface area contributed by atoms with Crippen LogP contribution in [0.3, 0.4) is 0 Å². The number of fused-ring (bicyclic) bond motifs is 14. The van der Waals surface area contributed by atoms with Crippen LogP contribution in [0.25, 0.3) is 60.9 Å². The van der Waals surface area contributed by atoms with Gasteiger partial charge < -0.3 is 9.47 Å². The van der Waals surface area contributed by atoms with Crippen molar-refractivity contribution >= 4 is 38.9 Å². The van der Waals surface area contributed by atoms with Crippen LogP contribution in [-0.2, 0) is 16.2 Å². The van der Waals surface area contributed by atoms with E-state index in [1.807, 2.05) is 0 Å². The molecule has 0 unspecified atom stereocenters. The molecule has 0 radical (unpaired) electrons. The van der Waals surface area contributed by atoms with Crippen molar-refractivity contribution in [1.82, 2.24) is 4.57 Å². The zero-order chi connectivity index (χ0) is 43.7. The van der Waals surface area contributed by atoms with Crippen LogP contribution in [-0.4, -0.2) is 4.57 Å². The average Bonchev–Trinajstić information content (AvgIpc) is 3.95. The molecule has 0 saturated heterocycles. The summed E-state index contributed by atoms with van der Waals surface area (Å²) in [6, 6.07) is 77.7. The highest BCUT2D eigenvalue weighted by Gasteiger charge is 2.52. The predicted molar refractivity (Wildman–Crippen MR) is 272 cm³/mol. The van der Waals surface area contributed by atoms with E-state index in [9.17, 15) is 0 Å². The first-order valence-electron chi connectivity index (χ1n) is 23.3. The fourth-order valence-corrected chi connectivity index (χ4v) is 12.4. The molecule has 0 amide bonds. The van der Waals surface area contributed by atoms with Crippen molar-refractivity contribution in [3.05, 3.63) is 240 Å². The molecule has 65 heavy (non-hydrogen) atoms. The molecule has 0 bridgehead atoms. The lowest BCUT2D eigenvalue weighted by Gasteiger charge is -2.43. The zero-order valence-corrected chi connectivity index (χ0v) is 37.4. The molecule has 312 valence electrons. The van der Waals surface area contributed by atoms with Crippen LogP contribution in [0.4, 0.5) is 17.1 Å². The van der Waals surface area contributed by atoms with Gasteiger partial charge in [-0.15, -0.1) is 0 Å². The van der Waals surface area contributed by atoms with E-state index >= 15 is 0 Å². The topological polar surface area (TPSA) is 8.17 Å². The number of anilines is 3. The van der Waals surface area contributed by atoms with Gasteiger partial charge in [0.2, 0.25) is 0 Å². The molecule has 0 saturated carbocycles. The van der Waals surface area contributed by atoms with E-state index in [4.69, 9.17) is 0 Å². The zero-order valence-electron chi connectivity index (χ0n) is 37.4. The van der Waals surface area contributed by atoms with Crippen LogP contribution in [0.15, 0.2) is 206 Å². The van der Waals surface area contributed by atoms with Gasteiger partial charge in [0.1, 0.15) is 0 Å². The van der Waals surface area contributed by atoms with E-state index in [1.165, 1.54) is 94.3 Å². The highest BCUT2D eigenvalue weighted by molar-refractivity contribution is 6.09. The molecule has 0 atom stereocenters. The first kappa shape index (κ1) is 38.1. The molecular formula is C63H50N2. The number of hydrogen-bond acceptors (Lipinski definition) is 1. The number of aromatic nitrogens is 1. The first-order valence-corrected chi connectivity index (χ1v) is 23.3. The molecule has 3 aliphatic carbocycles. The quantitative estimate of drug-likeness (QED) is 0.168. The lowest BCUT2D eigenvalue weighted by Crippen LogP contribution is -2.34. The average molecular weight is 835 g/mol. The fourth-order valence-electron chi connectivity index (χ4n) is 12.4. The summed E-state index contributed by atoms with van der Waals surface area (Å²) < 4.78 is 2.41. The lowest BCUT2D eigenvalue weighted by atomic mass is 9.61. The molecule has 9 aromatic carbocycles. The minimum absolute atomic E-state index is 0.0122. The Bertz CT molecular complexity index is 3450. The minimum atomic E-state index is -0.480. The van der Waals surface area contributed by atoms with Crippen LogP contribution in [0.5, 0.6) is 0 Å². The maximum Gasteiger partial charge on any atom is 0.0726 e. The summed E-state index contributed by atoms with van der Waals surface area (Å²) in [7, 11) is 0. The number of hydrogen-bond donors (Lipinski definition) is 0. The van der Waals surface area contributed by atoms with Crippen molar-refractivity contribution in [2.75, 3.05) is 4.90 Å². The van der Waals surface area contributed by atoms with Gasteiger partial charge in [0, 0.05) is 33.4 Å². The Hall–Kier alpha value is -7.42. The van der Waals surface area contributed by atoms with E-state index < -0.39 is 5.41 Å². The van der Waals surface area contributed by atoms with Crippen LogP contribution in [0.2, 0.25) is 0 Å². The van der Waals surface area contributed by atoms with Crippen molar-refractivity contribution in [3.8, 4) is 39.1 Å². The summed E-state index contributed by atoms with van der Waals surface area (Å²) in [6.45, 7) is 9.82. The van der Waals surface area contributed by atoms with Gasteiger partial charge >= 0.3 is 0 Å². The van der Waals surface area contributed by atoms with Gasteiger partial charge in [-0.05, 0) is 146 Å². The Kier molecular flexibility index (Phi) is 8.08. The highest BCUT2D eigenvalue weighted by Crippen LogP contribution is 2.64. The molecular weight excluding hydrogens is 785 g/mol. The second kappa shape index (κ2) is 13.8. The molecule has 3 aliphatic rings. The summed E-state index contributed by atoms with van der Waals surface area (Å²) in [6.07, 6.45) is 2.30. The summed E-state index contributed by atoms with van der Waals surface area (Å²) in [5.41, 5.74) is 22.7. The summed E-state index contributed by atoms with van der Waals surface area (Å²) in [4.78, 5) is 2.54. The van der Waals surface area contributed by atoms with E-state index in [2.05, 4.69) is 243 Å². The predicted octanol–water partition coefficient (Wildman–Crippen LogP) is 16.6. The van der Waals surface area contributed by atoms with Gasteiger partial charge in [-0.2, -0.15) is 0 Å². The van der Waals surface area contributed by atoms with E-state index in [-0.39, 0.29) is 10.8 Å². The maximum atomic E-state index is 2.60. The van der Waals surface area contributed by atoms with Crippen molar-refractivity contribution in [2.45, 2.75) is 56.8 Å². The largest absolute Gasteiger partial charge is 0.310 e. The Morgan fingerprint density at radius 3 is 1.46 bits per heavy atom. The van der Waals surface area contributed by atoms with Gasteiger partial charge in [-0.25, -0.2) is 0 Å². The second-order valence-corrected chi connectivity index (χ2v) is 19.9. The van der Waals surface area contributed by atoms with Crippen LogP contribution in [0.1, 0.15) is 73.9 Å². The molecule has 13 rings (SSSR count). The van der Waals surface area contributed by atoms with Crippen molar-refractivity contribution in [1.29, 1.82) is 0 Å². The Morgan fingerprint density at radius 1 is 0.369 bits per heavy atom. The Balaban J connectivity index is 1.12. The Labute approximate surface area is 382 Å². The number of nitrogens with zero attached hydrogens (tertiary/aromatic N) is 2. The first-order chi connectivity index (χ1) is 31.8. The van der Waals surface area contributed by atoms with Crippen molar-refractivity contribution in [3.63, 3.8) is 0 Å². The molecule has 0 N–H and O–H groups in total. The van der Waals surface area contributed by atoms with Crippen molar-refractivity contribution in [2.24, 2.45) is 0 Å². The van der Waals surface area contributed by atoms with Crippen LogP contribution < -0.4 is 4.90 Å². The maximum absolute atomic E-state index is 2.60. The molecule has 2 heteroatoms. The molecule has 0 aliphatic heterocycles. The molecule has 2 nitrogen and oxygen atoms in total.